The van der Waals surface area contributed by atoms with Gasteiger partial charge in [-0.15, -0.1) is 0 Å². The second-order valence-electron chi connectivity index (χ2n) is 7.78. The lowest BCUT2D eigenvalue weighted by atomic mass is 9.96. The molecule has 142 valence electrons. The normalized spacial score (nSPS) is 12.0. The molecule has 2 N–H and O–H groups in total. The lowest BCUT2D eigenvalue weighted by Gasteiger charge is -2.18. The standard InChI is InChI=1S/C21H23N7/c1-21(2,3)13-24-12-15(10-22)17-7-6-16(11-23)25-20(17)14-5-8-18-19(9-14)27-28(4)26-18/h5-10,12,22,24H,13H2,1-4H3/b15-12+,22-10?. The van der Waals surface area contributed by atoms with Gasteiger partial charge in [0, 0.05) is 42.7 Å². The van der Waals surface area contributed by atoms with Crippen LogP contribution in [0.15, 0.2) is 36.5 Å². The summed E-state index contributed by atoms with van der Waals surface area (Å²) >= 11 is 0. The third kappa shape index (κ3) is 4.23. The minimum absolute atomic E-state index is 0.117. The zero-order valence-electron chi connectivity index (χ0n) is 16.5. The number of nitriles is 1. The quantitative estimate of drug-likeness (QED) is 0.666. The zero-order chi connectivity index (χ0) is 20.3. The summed E-state index contributed by atoms with van der Waals surface area (Å²) in [5.41, 5.74) is 4.91. The first-order valence-corrected chi connectivity index (χ1v) is 8.98. The predicted octanol–water partition coefficient (Wildman–Crippen LogP) is 3.53. The van der Waals surface area contributed by atoms with Crippen LogP contribution in [0, 0.1) is 22.2 Å². The van der Waals surface area contributed by atoms with Gasteiger partial charge in [0.15, 0.2) is 0 Å². The SMILES string of the molecule is Cn1nc2ccc(-c3nc(C#N)ccc3/C(C=N)=C/NCC(C)(C)C)cc2n1. The van der Waals surface area contributed by atoms with Crippen LogP contribution >= 0.6 is 0 Å². The molecule has 0 unspecified atom stereocenters. The fourth-order valence-corrected chi connectivity index (χ4v) is 2.81. The molecule has 28 heavy (non-hydrogen) atoms. The minimum atomic E-state index is 0.117. The van der Waals surface area contributed by atoms with Gasteiger partial charge in [-0.3, -0.25) is 0 Å². The molecule has 0 radical (unpaired) electrons. The van der Waals surface area contributed by atoms with E-state index in [0.29, 0.717) is 17.0 Å². The molecule has 0 saturated heterocycles. The first-order valence-electron chi connectivity index (χ1n) is 8.98. The van der Waals surface area contributed by atoms with Gasteiger partial charge in [0.1, 0.15) is 22.8 Å². The van der Waals surface area contributed by atoms with Crippen molar-refractivity contribution in [1.82, 2.24) is 25.3 Å². The highest BCUT2D eigenvalue weighted by atomic mass is 15.4. The van der Waals surface area contributed by atoms with Crippen molar-refractivity contribution in [2.75, 3.05) is 6.54 Å². The van der Waals surface area contributed by atoms with Gasteiger partial charge in [-0.2, -0.15) is 20.3 Å². The van der Waals surface area contributed by atoms with Gasteiger partial charge < -0.3 is 10.7 Å². The third-order valence-corrected chi connectivity index (χ3v) is 4.12. The molecule has 0 saturated carbocycles. The highest BCUT2D eigenvalue weighted by Crippen LogP contribution is 2.28. The van der Waals surface area contributed by atoms with E-state index in [-0.39, 0.29) is 5.41 Å². The topological polar surface area (TPSA) is 103 Å². The van der Waals surface area contributed by atoms with Gasteiger partial charge in [0.25, 0.3) is 0 Å². The maximum Gasteiger partial charge on any atom is 0.141 e. The summed E-state index contributed by atoms with van der Waals surface area (Å²) in [4.78, 5) is 6.03. The zero-order valence-corrected chi connectivity index (χ0v) is 16.5. The average Bonchev–Trinajstić information content (AvgIpc) is 3.03. The van der Waals surface area contributed by atoms with E-state index in [1.807, 2.05) is 30.5 Å². The molecule has 0 atom stereocenters. The summed E-state index contributed by atoms with van der Waals surface area (Å²) in [6, 6.07) is 11.3. The molecule has 2 aromatic heterocycles. The minimum Gasteiger partial charge on any atom is -0.390 e. The number of benzene rings is 1. The summed E-state index contributed by atoms with van der Waals surface area (Å²) < 4.78 is 0. The van der Waals surface area contributed by atoms with E-state index in [2.05, 4.69) is 47.3 Å². The van der Waals surface area contributed by atoms with Gasteiger partial charge >= 0.3 is 0 Å². The molecular weight excluding hydrogens is 350 g/mol. The Kier molecular flexibility index (Phi) is 5.23. The number of aromatic nitrogens is 4. The highest BCUT2D eigenvalue weighted by Gasteiger charge is 2.14. The first kappa shape index (κ1) is 19.2. The van der Waals surface area contributed by atoms with E-state index in [1.165, 1.54) is 11.0 Å². The number of pyridine rings is 1. The smallest absolute Gasteiger partial charge is 0.141 e. The van der Waals surface area contributed by atoms with Crippen LogP contribution in [0.4, 0.5) is 0 Å². The van der Waals surface area contributed by atoms with Crippen LogP contribution in [0.5, 0.6) is 0 Å². The molecule has 0 amide bonds. The van der Waals surface area contributed by atoms with Crippen LogP contribution in [0.2, 0.25) is 0 Å². The average molecular weight is 373 g/mol. The van der Waals surface area contributed by atoms with E-state index in [1.54, 1.807) is 13.1 Å². The van der Waals surface area contributed by atoms with Gasteiger partial charge in [-0.1, -0.05) is 26.8 Å². The fourth-order valence-electron chi connectivity index (χ4n) is 2.81. The number of fused-ring (bicyclic) bond motifs is 1. The van der Waals surface area contributed by atoms with Gasteiger partial charge in [-0.05, 0) is 29.7 Å². The van der Waals surface area contributed by atoms with Crippen molar-refractivity contribution in [2.45, 2.75) is 20.8 Å². The first-order chi connectivity index (χ1) is 13.3. The number of allylic oxidation sites excluding steroid dienone is 1. The molecule has 0 aliphatic carbocycles. The van der Waals surface area contributed by atoms with Crippen molar-refractivity contribution >= 4 is 22.8 Å². The molecule has 0 spiro atoms. The van der Waals surface area contributed by atoms with Crippen LogP contribution in [-0.4, -0.2) is 32.7 Å². The second kappa shape index (κ2) is 7.61. The Bertz CT molecular complexity index is 1090. The Morgan fingerprint density at radius 2 is 1.96 bits per heavy atom. The van der Waals surface area contributed by atoms with Crippen molar-refractivity contribution < 1.29 is 0 Å². The van der Waals surface area contributed by atoms with Crippen molar-refractivity contribution in [3.05, 3.63) is 47.8 Å². The Morgan fingerprint density at radius 3 is 2.64 bits per heavy atom. The maximum absolute atomic E-state index is 9.29. The van der Waals surface area contributed by atoms with Crippen molar-refractivity contribution in [3.63, 3.8) is 0 Å². The van der Waals surface area contributed by atoms with Crippen LogP contribution in [-0.2, 0) is 7.05 Å². The Balaban J connectivity index is 2.09. The molecule has 0 fully saturated rings. The van der Waals surface area contributed by atoms with E-state index >= 15 is 0 Å². The molecular formula is C21H23N7. The molecule has 3 aromatic rings. The van der Waals surface area contributed by atoms with Crippen molar-refractivity contribution in [2.24, 2.45) is 12.5 Å². The molecule has 0 bridgehead atoms. The van der Waals surface area contributed by atoms with Crippen LogP contribution in [0.25, 0.3) is 27.9 Å². The van der Waals surface area contributed by atoms with Crippen LogP contribution in [0.3, 0.4) is 0 Å². The van der Waals surface area contributed by atoms with Crippen LogP contribution in [0.1, 0.15) is 32.0 Å². The summed E-state index contributed by atoms with van der Waals surface area (Å²) in [7, 11) is 1.77. The lowest BCUT2D eigenvalue weighted by Crippen LogP contribution is -2.23. The van der Waals surface area contributed by atoms with Crippen molar-refractivity contribution in [3.8, 4) is 17.3 Å². The van der Waals surface area contributed by atoms with E-state index in [0.717, 1.165) is 28.7 Å². The summed E-state index contributed by atoms with van der Waals surface area (Å²) in [6.45, 7) is 7.20. The maximum atomic E-state index is 9.29. The summed E-state index contributed by atoms with van der Waals surface area (Å²) in [6.07, 6.45) is 3.12. The molecule has 7 heteroatoms. The number of nitrogens with one attached hydrogen (secondary N) is 2. The summed E-state index contributed by atoms with van der Waals surface area (Å²) in [5.74, 6) is 0. The Morgan fingerprint density at radius 1 is 1.21 bits per heavy atom. The number of hydrogen-bond acceptors (Lipinski definition) is 6. The van der Waals surface area contributed by atoms with E-state index in [4.69, 9.17) is 5.41 Å². The third-order valence-electron chi connectivity index (χ3n) is 4.12. The molecule has 0 aliphatic rings. The predicted molar refractivity (Wildman–Crippen MR) is 111 cm³/mol. The van der Waals surface area contributed by atoms with E-state index in [9.17, 15) is 5.26 Å². The fraction of sp³-hybridized carbons (Fsp3) is 0.286. The molecule has 0 aliphatic heterocycles. The summed E-state index contributed by atoms with van der Waals surface area (Å²) in [5, 5.41) is 29.1. The Labute approximate surface area is 164 Å². The molecule has 3 rings (SSSR count). The highest BCUT2D eigenvalue weighted by molar-refractivity contribution is 6.10. The van der Waals surface area contributed by atoms with Gasteiger partial charge in [0.05, 0.1) is 5.69 Å². The Hall–Kier alpha value is -3.53. The lowest BCUT2D eigenvalue weighted by molar-refractivity contribution is 0.403. The van der Waals surface area contributed by atoms with Crippen molar-refractivity contribution in [1.29, 1.82) is 10.7 Å². The number of aryl methyl sites for hydroxylation is 1. The van der Waals surface area contributed by atoms with Gasteiger partial charge in [0.2, 0.25) is 0 Å². The number of rotatable bonds is 5. The second-order valence-corrected chi connectivity index (χ2v) is 7.78. The van der Waals surface area contributed by atoms with Crippen LogP contribution < -0.4 is 5.32 Å². The number of hydrogen-bond donors (Lipinski definition) is 2. The van der Waals surface area contributed by atoms with Gasteiger partial charge in [-0.25, -0.2) is 4.98 Å². The molecule has 7 nitrogen and oxygen atoms in total. The van der Waals surface area contributed by atoms with E-state index < -0.39 is 0 Å². The largest absolute Gasteiger partial charge is 0.390 e. The molecule has 2 heterocycles. The number of nitrogens with zero attached hydrogens (tertiary/aromatic N) is 5. The molecule has 1 aromatic carbocycles. The monoisotopic (exact) mass is 373 g/mol.